The highest BCUT2D eigenvalue weighted by Gasteiger charge is 2.55. The number of piperidine rings is 2. The summed E-state index contributed by atoms with van der Waals surface area (Å²) in [6.07, 6.45) is 10.9. The van der Waals surface area contributed by atoms with Crippen molar-refractivity contribution in [2.75, 3.05) is 49.1 Å². The molecule has 4 aliphatic heterocycles. The van der Waals surface area contributed by atoms with E-state index in [4.69, 9.17) is 32.4 Å². The lowest BCUT2D eigenvalue weighted by Crippen LogP contribution is -2.58. The summed E-state index contributed by atoms with van der Waals surface area (Å²) < 4.78 is 39.0. The van der Waals surface area contributed by atoms with Gasteiger partial charge in [-0.15, -0.1) is 0 Å². The largest absolute Gasteiger partial charge is 0.489 e. The van der Waals surface area contributed by atoms with Crippen LogP contribution in [-0.2, 0) is 36.0 Å². The van der Waals surface area contributed by atoms with Crippen LogP contribution in [0.1, 0.15) is 131 Å². The van der Waals surface area contributed by atoms with Gasteiger partial charge in [-0.1, -0.05) is 53.1 Å². The first kappa shape index (κ1) is 52.7. The summed E-state index contributed by atoms with van der Waals surface area (Å²) in [4.78, 5) is 53.4. The van der Waals surface area contributed by atoms with Gasteiger partial charge in [0.2, 0.25) is 18.3 Å². The third-order valence-electron chi connectivity index (χ3n) is 14.9. The molecule has 3 amide bonds. The van der Waals surface area contributed by atoms with Crippen molar-refractivity contribution in [1.29, 1.82) is 5.26 Å². The fourth-order valence-corrected chi connectivity index (χ4v) is 12.1. The van der Waals surface area contributed by atoms with Crippen molar-refractivity contribution in [3.8, 4) is 22.9 Å². The number of nitrogens with two attached hydrogens (primary N) is 1. The predicted molar refractivity (Wildman–Crippen MR) is 276 cm³/mol. The van der Waals surface area contributed by atoms with E-state index in [0.717, 1.165) is 72.6 Å². The van der Waals surface area contributed by atoms with E-state index < -0.39 is 12.3 Å². The molecule has 2 aromatic carbocycles. The van der Waals surface area contributed by atoms with Gasteiger partial charge in [-0.05, 0) is 80.3 Å². The van der Waals surface area contributed by atoms with E-state index in [0.29, 0.717) is 92.7 Å². The van der Waals surface area contributed by atoms with E-state index in [9.17, 15) is 23.2 Å². The lowest BCUT2D eigenvalue weighted by atomic mass is 9.53. The molecule has 7 heterocycles. The molecule has 2 N–H and O–H groups in total. The maximum atomic E-state index is 14.6. The molecule has 0 bridgehead atoms. The number of ether oxygens (including phenoxy) is 1. The van der Waals surface area contributed by atoms with E-state index in [1.807, 2.05) is 41.8 Å². The molecule has 3 fully saturated rings. The molecule has 2 saturated heterocycles. The fraction of sp³-hybridized carbons (Fsp3) is 0.519. The Morgan fingerprint density at radius 1 is 0.945 bits per heavy atom. The number of fused-ring (bicyclic) bond motifs is 2. The maximum Gasteiger partial charge on any atom is 0.264 e. The van der Waals surface area contributed by atoms with Crippen LogP contribution in [0.15, 0.2) is 55.1 Å². The summed E-state index contributed by atoms with van der Waals surface area (Å²) in [5, 5.41) is 18.7. The zero-order chi connectivity index (χ0) is 52.4. The molecular weight excluding hydrogens is 954 g/mol. The number of carbonyl (C=O) groups excluding carboxylic acids is 3. The van der Waals surface area contributed by atoms with Crippen LogP contribution in [0.2, 0.25) is 5.02 Å². The van der Waals surface area contributed by atoms with Gasteiger partial charge in [0.25, 0.3) is 12.3 Å². The third kappa shape index (κ3) is 11.0. The Kier molecular flexibility index (Phi) is 15.8. The molecule has 0 unspecified atom stereocenters. The van der Waals surface area contributed by atoms with Gasteiger partial charge in [-0.3, -0.25) is 23.7 Å². The van der Waals surface area contributed by atoms with Gasteiger partial charge < -0.3 is 30.1 Å². The standard InChI is InChI=1S/C37H43F2N11O3.C15H18ClNO.C2H6/c1-45-20-26(19-43-45)28-15-24-3-2-9-49(32(24)16-29(28)33(38)39)35-30-21-46(22-51)10-8-31(30)50(44-35)27-6-13-47(14-7-27)36(53)23-4-11-48(12-5-23)37-41-17-25(18-42-37)34(40)52;1-14(2)9-15(3,4)13(14)18-11-6-5-10(8-17)12(16)7-11;1-2/h15-20,22-23,27,33H,2-14,21H2,1H3,(H2,40,52);5-7,13H,9H2,1-4H3;1-2H3. The molecule has 0 spiro atoms. The minimum absolute atomic E-state index is 0.0404. The van der Waals surface area contributed by atoms with Gasteiger partial charge in [-0.2, -0.15) is 15.5 Å². The number of nitriles is 1. The molecule has 73 heavy (non-hydrogen) atoms. The van der Waals surface area contributed by atoms with Gasteiger partial charge >= 0.3 is 0 Å². The van der Waals surface area contributed by atoms with Gasteiger partial charge in [-0.25, -0.2) is 18.7 Å². The molecular formula is C54H67ClF2N12O4. The van der Waals surface area contributed by atoms with Crippen LogP contribution in [0.25, 0.3) is 11.1 Å². The number of hydrogen-bond donors (Lipinski definition) is 1. The van der Waals surface area contributed by atoms with E-state index in [1.54, 1.807) is 47.2 Å². The fourth-order valence-electron chi connectivity index (χ4n) is 11.8. The van der Waals surface area contributed by atoms with Gasteiger partial charge in [0.05, 0.1) is 34.9 Å². The Bertz CT molecular complexity index is 2830. The molecule has 19 heteroatoms. The van der Waals surface area contributed by atoms with Crippen LogP contribution in [0, 0.1) is 28.1 Å². The Hall–Kier alpha value is -6.61. The Labute approximate surface area is 431 Å². The highest BCUT2D eigenvalue weighted by atomic mass is 35.5. The number of anilines is 3. The number of aryl methyl sites for hydroxylation is 2. The Morgan fingerprint density at radius 2 is 1.64 bits per heavy atom. The van der Waals surface area contributed by atoms with Crippen molar-refractivity contribution in [1.82, 2.24) is 39.3 Å². The number of rotatable bonds is 10. The summed E-state index contributed by atoms with van der Waals surface area (Å²) in [5.74, 6) is 1.50. The first-order chi connectivity index (χ1) is 34.9. The lowest BCUT2D eigenvalue weighted by molar-refractivity contribution is -0.137. The number of amides is 3. The van der Waals surface area contributed by atoms with Crippen LogP contribution < -0.4 is 20.3 Å². The van der Waals surface area contributed by atoms with E-state index in [2.05, 4.69) is 52.3 Å². The predicted octanol–water partition coefficient (Wildman–Crippen LogP) is 9.23. The molecule has 10 rings (SSSR count). The summed E-state index contributed by atoms with van der Waals surface area (Å²) >= 11 is 6.01. The molecule has 1 saturated carbocycles. The second-order valence-corrected chi connectivity index (χ2v) is 21.3. The van der Waals surface area contributed by atoms with Crippen molar-refractivity contribution in [2.24, 2.45) is 29.5 Å². The molecule has 3 aromatic heterocycles. The van der Waals surface area contributed by atoms with E-state index in [-0.39, 0.29) is 45.9 Å². The van der Waals surface area contributed by atoms with Gasteiger partial charge in [0, 0.05) is 122 Å². The molecule has 0 radical (unpaired) electrons. The monoisotopic (exact) mass is 1020 g/mol. The molecule has 5 aliphatic rings. The number of likely N-dealkylation sites (tertiary alicyclic amines) is 1. The number of hydrogen-bond acceptors (Lipinski definition) is 11. The van der Waals surface area contributed by atoms with Crippen molar-refractivity contribution >= 4 is 47.3 Å². The first-order valence-corrected chi connectivity index (χ1v) is 25.9. The molecule has 16 nitrogen and oxygen atoms in total. The van der Waals surface area contributed by atoms with Crippen LogP contribution in [-0.4, -0.2) is 103 Å². The van der Waals surface area contributed by atoms with Crippen molar-refractivity contribution in [2.45, 2.75) is 118 Å². The van der Waals surface area contributed by atoms with Crippen molar-refractivity contribution in [3.63, 3.8) is 0 Å². The zero-order valence-electron chi connectivity index (χ0n) is 43.0. The number of carbonyl (C=O) groups is 3. The van der Waals surface area contributed by atoms with Crippen molar-refractivity contribution < 1.29 is 27.9 Å². The average molecular weight is 1020 g/mol. The second kappa shape index (κ2) is 21.9. The Balaban J connectivity index is 0.000000299. The number of aromatic nitrogens is 6. The van der Waals surface area contributed by atoms with Crippen LogP contribution in [0.4, 0.5) is 26.2 Å². The first-order valence-electron chi connectivity index (χ1n) is 25.5. The SMILES string of the molecule is CC.CC1(C)CC(C)(C)C1Oc1ccc(C#N)c(Cl)c1.Cn1cc(-c2cc3c(cc2C(F)F)N(c2nn(C4CCN(C(=O)C5CCN(c6ncc(C(N)=O)cn6)CC5)CC4)c4c2CN(C=O)CC4)CCC3)cn1. The van der Waals surface area contributed by atoms with Gasteiger partial charge in [0.1, 0.15) is 17.9 Å². The normalized spacial score (nSPS) is 18.5. The Morgan fingerprint density at radius 3 is 2.23 bits per heavy atom. The highest BCUT2D eigenvalue weighted by molar-refractivity contribution is 6.31. The van der Waals surface area contributed by atoms with Crippen LogP contribution in [0.5, 0.6) is 5.75 Å². The van der Waals surface area contributed by atoms with Crippen LogP contribution in [0.3, 0.4) is 0 Å². The smallest absolute Gasteiger partial charge is 0.264 e. The second-order valence-electron chi connectivity index (χ2n) is 20.9. The number of primary amides is 1. The van der Waals surface area contributed by atoms with Crippen molar-refractivity contribution in [3.05, 3.63) is 93.7 Å². The topological polar surface area (TPSA) is 185 Å². The van der Waals surface area contributed by atoms with E-state index >= 15 is 0 Å². The molecule has 388 valence electrons. The van der Waals surface area contributed by atoms with Crippen LogP contribution >= 0.6 is 11.6 Å². The zero-order valence-corrected chi connectivity index (χ0v) is 43.7. The van der Waals surface area contributed by atoms with Gasteiger partial charge in [0.15, 0.2) is 5.82 Å². The molecule has 1 aliphatic carbocycles. The maximum absolute atomic E-state index is 14.6. The number of halogens is 3. The number of nitrogens with zero attached hydrogens (tertiary/aromatic N) is 11. The third-order valence-corrected chi connectivity index (χ3v) is 15.2. The minimum atomic E-state index is -2.67. The minimum Gasteiger partial charge on any atom is -0.489 e. The summed E-state index contributed by atoms with van der Waals surface area (Å²) in [5.41, 5.74) is 11.3. The number of benzene rings is 2. The summed E-state index contributed by atoms with van der Waals surface area (Å²) in [7, 11) is 1.77. The quantitative estimate of drug-likeness (QED) is 0.132. The number of alkyl halides is 2. The summed E-state index contributed by atoms with van der Waals surface area (Å²) in [6, 6.07) is 10.9. The van der Waals surface area contributed by atoms with E-state index in [1.165, 1.54) is 12.4 Å². The average Bonchev–Trinajstić information content (AvgIpc) is 4.01. The highest BCUT2D eigenvalue weighted by Crippen LogP contribution is 2.55. The lowest BCUT2D eigenvalue weighted by Gasteiger charge is -2.56. The summed E-state index contributed by atoms with van der Waals surface area (Å²) in [6.45, 7) is 17.0. The molecule has 0 atom stereocenters. The molecule has 5 aromatic rings.